The quantitative estimate of drug-likeness (QED) is 0.276. The highest BCUT2D eigenvalue weighted by atomic mass is 127. The molecule has 0 amide bonds. The van der Waals surface area contributed by atoms with Gasteiger partial charge in [0.05, 0.1) is 12.3 Å². The summed E-state index contributed by atoms with van der Waals surface area (Å²) in [6.45, 7) is 1.14. The van der Waals surface area contributed by atoms with E-state index in [1.54, 1.807) is 7.05 Å². The minimum absolute atomic E-state index is 0. The van der Waals surface area contributed by atoms with Crippen molar-refractivity contribution in [2.75, 3.05) is 25.9 Å². The maximum Gasteiger partial charge on any atom is 0.213 e. The van der Waals surface area contributed by atoms with Gasteiger partial charge in [0, 0.05) is 26.6 Å². The zero-order valence-electron chi connectivity index (χ0n) is 16.3. The Morgan fingerprint density at radius 1 is 1.10 bits per heavy atom. The van der Waals surface area contributed by atoms with Gasteiger partial charge in [0.25, 0.3) is 0 Å². The molecule has 0 radical (unpaired) electrons. The summed E-state index contributed by atoms with van der Waals surface area (Å²) >= 11 is 0. The van der Waals surface area contributed by atoms with Crippen LogP contribution in [-0.4, -0.2) is 46.4 Å². The van der Waals surface area contributed by atoms with E-state index in [0.29, 0.717) is 12.5 Å². The van der Waals surface area contributed by atoms with E-state index in [1.807, 2.05) is 48.5 Å². The fourth-order valence-corrected chi connectivity index (χ4v) is 3.87. The van der Waals surface area contributed by atoms with Crippen molar-refractivity contribution < 1.29 is 13.2 Å². The van der Waals surface area contributed by atoms with Gasteiger partial charge in [-0.3, -0.25) is 4.99 Å². The van der Waals surface area contributed by atoms with Crippen molar-refractivity contribution >= 4 is 40.0 Å². The first-order valence-corrected chi connectivity index (χ1v) is 10.9. The molecular formula is C20H27IN4O3S. The Kier molecular flexibility index (Phi) is 9.18. The number of rotatable bonds is 8. The van der Waals surface area contributed by atoms with Gasteiger partial charge in [-0.05, 0) is 17.2 Å². The molecule has 3 N–H and O–H groups in total. The molecule has 2 aromatic rings. The maximum absolute atomic E-state index is 12.1. The number of fused-ring (bicyclic) bond motifs is 1. The van der Waals surface area contributed by atoms with Crippen molar-refractivity contribution in [1.82, 2.24) is 15.4 Å². The highest BCUT2D eigenvalue weighted by Crippen LogP contribution is 2.27. The fourth-order valence-electron chi connectivity index (χ4n) is 2.96. The predicted molar refractivity (Wildman–Crippen MR) is 126 cm³/mol. The summed E-state index contributed by atoms with van der Waals surface area (Å²) in [6, 6.07) is 17.4. The molecule has 1 heterocycles. The molecule has 1 atom stereocenters. The van der Waals surface area contributed by atoms with Crippen LogP contribution in [0.1, 0.15) is 11.1 Å². The molecule has 0 bridgehead atoms. The molecule has 0 aromatic heterocycles. The molecule has 1 aliphatic heterocycles. The number of guanidine groups is 1. The Morgan fingerprint density at radius 3 is 2.55 bits per heavy atom. The standard InChI is InChI=1S/C20H26N4O3S.HI/c1-21-20(23-15-18-13-17-9-5-6-10-19(17)27-18)22-11-12-28(25,26)24-14-16-7-3-2-4-8-16;/h2-10,18,24H,11-15H2,1H3,(H2,21,22,23);1H. The van der Waals surface area contributed by atoms with Crippen LogP contribution in [0.3, 0.4) is 0 Å². The third-order valence-electron chi connectivity index (χ3n) is 4.44. The monoisotopic (exact) mass is 530 g/mol. The van der Waals surface area contributed by atoms with Gasteiger partial charge >= 0.3 is 0 Å². The van der Waals surface area contributed by atoms with Crippen molar-refractivity contribution in [3.63, 3.8) is 0 Å². The van der Waals surface area contributed by atoms with Crippen LogP contribution in [0.4, 0.5) is 0 Å². The fraction of sp³-hybridized carbons (Fsp3) is 0.350. The summed E-state index contributed by atoms with van der Waals surface area (Å²) in [5, 5.41) is 6.22. The molecular weight excluding hydrogens is 503 g/mol. The van der Waals surface area contributed by atoms with Crippen LogP contribution < -0.4 is 20.1 Å². The molecule has 3 rings (SSSR count). The van der Waals surface area contributed by atoms with Crippen LogP contribution in [0.5, 0.6) is 5.75 Å². The van der Waals surface area contributed by atoms with Crippen LogP contribution in [0.25, 0.3) is 0 Å². The van der Waals surface area contributed by atoms with E-state index < -0.39 is 10.0 Å². The molecule has 0 saturated carbocycles. The first-order valence-electron chi connectivity index (χ1n) is 9.26. The van der Waals surface area contributed by atoms with Crippen LogP contribution >= 0.6 is 24.0 Å². The number of benzene rings is 2. The maximum atomic E-state index is 12.1. The lowest BCUT2D eigenvalue weighted by Crippen LogP contribution is -2.44. The SMILES string of the molecule is CN=C(NCCS(=O)(=O)NCc1ccccc1)NCC1Cc2ccccc2O1.I. The van der Waals surface area contributed by atoms with E-state index >= 15 is 0 Å². The van der Waals surface area contributed by atoms with Gasteiger partial charge < -0.3 is 15.4 Å². The molecule has 158 valence electrons. The number of para-hydroxylation sites is 1. The van der Waals surface area contributed by atoms with E-state index in [9.17, 15) is 8.42 Å². The molecule has 0 aliphatic carbocycles. The van der Waals surface area contributed by atoms with Crippen LogP contribution in [-0.2, 0) is 23.0 Å². The number of hydrogen-bond donors (Lipinski definition) is 3. The number of ether oxygens (including phenoxy) is 1. The van der Waals surface area contributed by atoms with Gasteiger partial charge in [-0.15, -0.1) is 24.0 Å². The predicted octanol–water partition coefficient (Wildman–Crippen LogP) is 1.89. The topological polar surface area (TPSA) is 91.8 Å². The van der Waals surface area contributed by atoms with Gasteiger partial charge in [0.15, 0.2) is 5.96 Å². The van der Waals surface area contributed by atoms with E-state index in [-0.39, 0.29) is 48.9 Å². The number of sulfonamides is 1. The number of hydrogen-bond acceptors (Lipinski definition) is 4. The number of halogens is 1. The van der Waals surface area contributed by atoms with Crippen molar-refractivity contribution in [1.29, 1.82) is 0 Å². The summed E-state index contributed by atoms with van der Waals surface area (Å²) in [5.74, 6) is 1.44. The minimum atomic E-state index is -3.37. The summed E-state index contributed by atoms with van der Waals surface area (Å²) in [6.07, 6.45) is 0.880. The normalized spacial score (nSPS) is 15.8. The van der Waals surface area contributed by atoms with Crippen molar-refractivity contribution in [2.24, 2.45) is 4.99 Å². The average molecular weight is 530 g/mol. The second kappa shape index (κ2) is 11.4. The van der Waals surface area contributed by atoms with Gasteiger partial charge in [-0.2, -0.15) is 0 Å². The van der Waals surface area contributed by atoms with E-state index in [1.165, 1.54) is 5.56 Å². The summed E-state index contributed by atoms with van der Waals surface area (Å²) in [5.41, 5.74) is 2.13. The zero-order chi connectivity index (χ0) is 19.8. The number of aliphatic imine (C=N–C) groups is 1. The number of nitrogens with zero attached hydrogens (tertiary/aromatic N) is 1. The highest BCUT2D eigenvalue weighted by molar-refractivity contribution is 14.0. The van der Waals surface area contributed by atoms with Gasteiger partial charge in [0.2, 0.25) is 10.0 Å². The van der Waals surface area contributed by atoms with Crippen LogP contribution in [0, 0.1) is 0 Å². The summed E-state index contributed by atoms with van der Waals surface area (Å²) in [7, 11) is -1.72. The first kappa shape index (κ1) is 23.4. The van der Waals surface area contributed by atoms with Crippen LogP contribution in [0.15, 0.2) is 59.6 Å². The van der Waals surface area contributed by atoms with E-state index in [2.05, 4.69) is 26.4 Å². The third kappa shape index (κ3) is 7.48. The smallest absolute Gasteiger partial charge is 0.213 e. The van der Waals surface area contributed by atoms with Gasteiger partial charge in [-0.25, -0.2) is 13.1 Å². The van der Waals surface area contributed by atoms with E-state index in [0.717, 1.165) is 17.7 Å². The molecule has 29 heavy (non-hydrogen) atoms. The third-order valence-corrected chi connectivity index (χ3v) is 5.76. The van der Waals surface area contributed by atoms with Gasteiger partial charge in [-0.1, -0.05) is 48.5 Å². The second-order valence-corrected chi connectivity index (χ2v) is 8.48. The Morgan fingerprint density at radius 2 is 1.83 bits per heavy atom. The summed E-state index contributed by atoms with van der Waals surface area (Å²) < 4.78 is 32.8. The molecule has 1 aliphatic rings. The lowest BCUT2D eigenvalue weighted by atomic mass is 10.1. The highest BCUT2D eigenvalue weighted by Gasteiger charge is 2.22. The molecule has 7 nitrogen and oxygen atoms in total. The van der Waals surface area contributed by atoms with E-state index in [4.69, 9.17) is 4.74 Å². The first-order chi connectivity index (χ1) is 13.6. The largest absolute Gasteiger partial charge is 0.488 e. The average Bonchev–Trinajstić information content (AvgIpc) is 3.13. The molecule has 2 aromatic carbocycles. The molecule has 0 saturated heterocycles. The van der Waals surface area contributed by atoms with Crippen LogP contribution in [0.2, 0.25) is 0 Å². The molecule has 9 heteroatoms. The molecule has 1 unspecified atom stereocenters. The lowest BCUT2D eigenvalue weighted by molar-refractivity contribution is 0.235. The Labute approximate surface area is 189 Å². The number of nitrogens with one attached hydrogen (secondary N) is 3. The van der Waals surface area contributed by atoms with Crippen molar-refractivity contribution in [2.45, 2.75) is 19.1 Å². The van der Waals surface area contributed by atoms with Crippen molar-refractivity contribution in [3.05, 3.63) is 65.7 Å². The second-order valence-electron chi connectivity index (χ2n) is 6.56. The Hall–Kier alpha value is -1.85. The van der Waals surface area contributed by atoms with Gasteiger partial charge in [0.1, 0.15) is 11.9 Å². The zero-order valence-corrected chi connectivity index (χ0v) is 19.4. The Bertz CT molecular complexity index is 882. The Balaban J connectivity index is 0.00000300. The molecule has 0 fully saturated rings. The summed E-state index contributed by atoms with van der Waals surface area (Å²) in [4.78, 5) is 4.13. The molecule has 0 spiro atoms. The van der Waals surface area contributed by atoms with Crippen molar-refractivity contribution in [3.8, 4) is 5.75 Å². The lowest BCUT2D eigenvalue weighted by Gasteiger charge is -2.15. The minimum Gasteiger partial charge on any atom is -0.488 e.